The number of hydrogen-bond donors (Lipinski definition) is 3. The zero-order valence-electron chi connectivity index (χ0n) is 36.2. The Morgan fingerprint density at radius 1 is 0.611 bits per heavy atom. The Morgan fingerprint density at radius 3 is 1.43 bits per heavy atom. The Hall–Kier alpha value is -1.02. The molecule has 0 aliphatic carbocycles. The zero-order valence-corrected chi connectivity index (χ0v) is 37.1. The molecule has 0 aliphatic rings. The van der Waals surface area contributed by atoms with Gasteiger partial charge in [0, 0.05) is 6.42 Å². The summed E-state index contributed by atoms with van der Waals surface area (Å²) in [6.45, 7) is 4.81. The first kappa shape index (κ1) is 53.0. The number of allylic oxidation sites excluding steroid dienone is 3. The van der Waals surface area contributed by atoms with Gasteiger partial charge in [0.25, 0.3) is 0 Å². The van der Waals surface area contributed by atoms with Crippen LogP contribution in [-0.2, 0) is 18.4 Å². The van der Waals surface area contributed by atoms with Crippen LogP contribution in [-0.4, -0.2) is 73.4 Å². The molecule has 8 nitrogen and oxygen atoms in total. The van der Waals surface area contributed by atoms with Crippen molar-refractivity contribution in [1.82, 2.24) is 5.32 Å². The lowest BCUT2D eigenvalue weighted by Crippen LogP contribution is -2.45. The highest BCUT2D eigenvalue weighted by Crippen LogP contribution is 2.43. The summed E-state index contributed by atoms with van der Waals surface area (Å²) in [5, 5.41) is 13.8. The predicted molar refractivity (Wildman–Crippen MR) is 231 cm³/mol. The lowest BCUT2D eigenvalue weighted by Gasteiger charge is -2.25. The van der Waals surface area contributed by atoms with E-state index in [1.54, 1.807) is 6.08 Å². The Balaban J connectivity index is 4.36. The van der Waals surface area contributed by atoms with Crippen molar-refractivity contribution in [2.24, 2.45) is 0 Å². The molecule has 1 amide bonds. The van der Waals surface area contributed by atoms with Gasteiger partial charge in [-0.3, -0.25) is 13.8 Å². The number of unbranched alkanes of at least 4 members (excludes halogenated alkanes) is 26. The maximum atomic E-state index is 12.9. The van der Waals surface area contributed by atoms with Crippen molar-refractivity contribution < 1.29 is 32.9 Å². The topological polar surface area (TPSA) is 105 Å². The van der Waals surface area contributed by atoms with Gasteiger partial charge in [0.2, 0.25) is 5.91 Å². The van der Waals surface area contributed by atoms with Gasteiger partial charge in [-0.15, -0.1) is 0 Å². The number of aliphatic hydroxyl groups is 1. The number of hydrogen-bond acceptors (Lipinski definition) is 5. The van der Waals surface area contributed by atoms with E-state index in [9.17, 15) is 19.4 Å². The van der Waals surface area contributed by atoms with Crippen LogP contribution in [0.1, 0.15) is 206 Å². The van der Waals surface area contributed by atoms with Gasteiger partial charge < -0.3 is 19.8 Å². The molecule has 0 bridgehead atoms. The van der Waals surface area contributed by atoms with Gasteiger partial charge in [-0.1, -0.05) is 179 Å². The molecule has 3 atom stereocenters. The number of carbonyl (C=O) groups excluding carboxylic acids is 1. The van der Waals surface area contributed by atoms with Crippen molar-refractivity contribution in [2.75, 3.05) is 40.9 Å². The van der Waals surface area contributed by atoms with Gasteiger partial charge >= 0.3 is 7.82 Å². The molecule has 0 aromatic heterocycles. The fourth-order valence-electron chi connectivity index (χ4n) is 6.51. The summed E-state index contributed by atoms with van der Waals surface area (Å²) in [6, 6.07) is -0.843. The second-order valence-corrected chi connectivity index (χ2v) is 18.2. The molecule has 0 fully saturated rings. The van der Waals surface area contributed by atoms with Crippen molar-refractivity contribution >= 4 is 13.7 Å². The van der Waals surface area contributed by atoms with Crippen LogP contribution in [0.15, 0.2) is 24.3 Å². The molecule has 0 aromatic carbocycles. The average Bonchev–Trinajstić information content (AvgIpc) is 3.12. The summed E-state index contributed by atoms with van der Waals surface area (Å²) in [5.74, 6) is -0.179. The van der Waals surface area contributed by atoms with E-state index in [1.807, 2.05) is 27.2 Å². The molecular formula is C45H90N2O6P+. The number of amides is 1. The molecule has 9 heteroatoms. The minimum atomic E-state index is -4.33. The first-order chi connectivity index (χ1) is 26.0. The summed E-state index contributed by atoms with van der Waals surface area (Å²) >= 11 is 0. The average molecular weight is 786 g/mol. The van der Waals surface area contributed by atoms with E-state index in [0.717, 1.165) is 38.5 Å². The Bertz CT molecular complexity index is 938. The molecule has 0 aromatic rings. The van der Waals surface area contributed by atoms with Crippen LogP contribution < -0.4 is 5.32 Å². The van der Waals surface area contributed by atoms with Crippen LogP contribution in [0, 0.1) is 0 Å². The van der Waals surface area contributed by atoms with E-state index in [-0.39, 0.29) is 19.1 Å². The highest BCUT2D eigenvalue weighted by Gasteiger charge is 2.27. The molecule has 0 rings (SSSR count). The summed E-state index contributed by atoms with van der Waals surface area (Å²) in [7, 11) is 1.57. The fourth-order valence-corrected chi connectivity index (χ4v) is 7.24. The van der Waals surface area contributed by atoms with Crippen molar-refractivity contribution in [3.05, 3.63) is 24.3 Å². The SMILES string of the molecule is CCCCCCCC/C=C\CCCCCCCCCCCC(=O)NC(COP(=O)(O)OCC[N+](C)(C)C)C(O)/C=C/CCCCCCCCCCCCC. The van der Waals surface area contributed by atoms with E-state index >= 15 is 0 Å². The lowest BCUT2D eigenvalue weighted by molar-refractivity contribution is -0.870. The minimum Gasteiger partial charge on any atom is -0.387 e. The summed E-state index contributed by atoms with van der Waals surface area (Å²) in [4.78, 5) is 23.1. The molecule has 320 valence electrons. The van der Waals surface area contributed by atoms with Gasteiger partial charge in [0.05, 0.1) is 39.9 Å². The predicted octanol–water partition coefficient (Wildman–Crippen LogP) is 12.5. The number of aliphatic hydroxyl groups excluding tert-OH is 1. The van der Waals surface area contributed by atoms with Gasteiger partial charge in [-0.2, -0.15) is 0 Å². The minimum absolute atomic E-state index is 0.0622. The molecule has 0 radical (unpaired) electrons. The summed E-state index contributed by atoms with van der Waals surface area (Å²) in [6.07, 6.45) is 43.8. The smallest absolute Gasteiger partial charge is 0.387 e. The molecule has 0 saturated carbocycles. The van der Waals surface area contributed by atoms with Crippen LogP contribution in [0.5, 0.6) is 0 Å². The summed E-state index contributed by atoms with van der Waals surface area (Å²) in [5.41, 5.74) is 0. The molecule has 0 spiro atoms. The Morgan fingerprint density at radius 2 is 1.00 bits per heavy atom. The van der Waals surface area contributed by atoms with Crippen molar-refractivity contribution in [3.63, 3.8) is 0 Å². The standard InChI is InChI=1S/C45H89N2O6P/c1-6-8-10-12-14-16-18-20-21-22-23-24-25-27-29-31-33-35-37-39-45(49)46-43(42-53-54(50,51)52-41-40-47(3,4)5)44(48)38-36-34-32-30-28-26-19-17-15-13-11-9-7-2/h20-21,36,38,43-44,48H,6-19,22-35,37,39-42H2,1-5H3,(H-,46,49,50,51)/p+1/b21-20-,38-36+. The lowest BCUT2D eigenvalue weighted by atomic mass is 10.0. The number of phosphoric acid groups is 1. The summed E-state index contributed by atoms with van der Waals surface area (Å²) < 4.78 is 23.5. The first-order valence-corrected chi connectivity index (χ1v) is 24.2. The van der Waals surface area contributed by atoms with Crippen molar-refractivity contribution in [3.8, 4) is 0 Å². The molecular weight excluding hydrogens is 695 g/mol. The van der Waals surface area contributed by atoms with E-state index < -0.39 is 20.0 Å². The molecule has 3 unspecified atom stereocenters. The zero-order chi connectivity index (χ0) is 40.0. The molecule has 0 heterocycles. The van der Waals surface area contributed by atoms with Crippen LogP contribution in [0.25, 0.3) is 0 Å². The highest BCUT2D eigenvalue weighted by molar-refractivity contribution is 7.47. The second kappa shape index (κ2) is 37.6. The largest absolute Gasteiger partial charge is 0.472 e. The number of phosphoric ester groups is 1. The van der Waals surface area contributed by atoms with E-state index in [1.165, 1.54) is 148 Å². The van der Waals surface area contributed by atoms with Crippen LogP contribution in [0.3, 0.4) is 0 Å². The fraction of sp³-hybridized carbons (Fsp3) is 0.889. The number of nitrogens with zero attached hydrogens (tertiary/aromatic N) is 1. The van der Waals surface area contributed by atoms with E-state index in [0.29, 0.717) is 17.4 Å². The Labute approximate surface area is 334 Å². The third kappa shape index (κ3) is 39.2. The van der Waals surface area contributed by atoms with Gasteiger partial charge in [-0.05, 0) is 44.9 Å². The quantitative estimate of drug-likeness (QED) is 0.0247. The maximum absolute atomic E-state index is 12.9. The number of quaternary nitrogens is 1. The van der Waals surface area contributed by atoms with Crippen LogP contribution in [0.2, 0.25) is 0 Å². The number of nitrogens with one attached hydrogen (secondary N) is 1. The molecule has 3 N–H and O–H groups in total. The van der Waals surface area contributed by atoms with Crippen molar-refractivity contribution in [1.29, 1.82) is 0 Å². The number of rotatable bonds is 41. The molecule has 0 saturated heterocycles. The Kier molecular flexibility index (Phi) is 36.8. The van der Waals surface area contributed by atoms with Gasteiger partial charge in [0.1, 0.15) is 13.2 Å². The van der Waals surface area contributed by atoms with E-state index in [4.69, 9.17) is 9.05 Å². The number of carbonyl (C=O) groups is 1. The van der Waals surface area contributed by atoms with Crippen LogP contribution in [0.4, 0.5) is 0 Å². The monoisotopic (exact) mass is 786 g/mol. The van der Waals surface area contributed by atoms with Crippen LogP contribution >= 0.6 is 7.82 Å². The third-order valence-electron chi connectivity index (χ3n) is 10.2. The molecule has 54 heavy (non-hydrogen) atoms. The maximum Gasteiger partial charge on any atom is 0.472 e. The highest BCUT2D eigenvalue weighted by atomic mass is 31.2. The normalized spacial score (nSPS) is 14.6. The second-order valence-electron chi connectivity index (χ2n) is 16.8. The van der Waals surface area contributed by atoms with E-state index in [2.05, 4.69) is 31.3 Å². The molecule has 0 aliphatic heterocycles. The van der Waals surface area contributed by atoms with Gasteiger partial charge in [0.15, 0.2) is 0 Å². The van der Waals surface area contributed by atoms with Crippen molar-refractivity contribution in [2.45, 2.75) is 219 Å². The van der Waals surface area contributed by atoms with Gasteiger partial charge in [-0.25, -0.2) is 4.57 Å². The number of likely N-dealkylation sites (N-methyl/N-ethyl adjacent to an activating group) is 1. The third-order valence-corrected chi connectivity index (χ3v) is 11.1. The first-order valence-electron chi connectivity index (χ1n) is 22.7.